The molecule has 7 nitrogen and oxygen atoms in total. The van der Waals surface area contributed by atoms with Gasteiger partial charge in [0.15, 0.2) is 5.69 Å². The molecule has 12 heteroatoms. The molecule has 0 amide bonds. The third-order valence-electron chi connectivity index (χ3n) is 6.47. The van der Waals surface area contributed by atoms with Crippen molar-refractivity contribution in [1.82, 2.24) is 14.5 Å². The van der Waals surface area contributed by atoms with E-state index in [0.29, 0.717) is 48.5 Å². The van der Waals surface area contributed by atoms with Crippen molar-refractivity contribution < 1.29 is 36.6 Å². The van der Waals surface area contributed by atoms with Gasteiger partial charge in [0.2, 0.25) is 0 Å². The Morgan fingerprint density at radius 2 is 1.79 bits per heavy atom. The van der Waals surface area contributed by atoms with Gasteiger partial charge >= 0.3 is 12.3 Å². The average Bonchev–Trinajstić information content (AvgIpc) is 3.12. The molecule has 2 unspecified atom stereocenters. The summed E-state index contributed by atoms with van der Waals surface area (Å²) in [5.74, 6) is -0.829. The standard InChI is InChI=1S/C21H20F5N2O.C5H6N2O2/c22-15-4-14(5-16(23)7-15)10-28-11-19-18(20(19)12-28)9-27-8-13-2-1-3-17(6-13)29-21(24,25)26;1-7-2-4(5(8)9)6-3-7/h1-7,18-20H,8-12H2;2-3H,1H3,(H,8,9)/q-1;. The summed E-state index contributed by atoms with van der Waals surface area (Å²) in [5.41, 5.74) is 1.39. The van der Waals surface area contributed by atoms with E-state index in [2.05, 4.69) is 19.9 Å². The fourth-order valence-corrected chi connectivity index (χ4v) is 4.80. The lowest BCUT2D eigenvalue weighted by molar-refractivity contribution is -0.274. The molecular formula is C26H26F5N4O3-. The number of ether oxygens (including phenoxy) is 1. The van der Waals surface area contributed by atoms with E-state index in [1.807, 2.05) is 0 Å². The molecule has 1 N–H and O–H groups in total. The minimum absolute atomic E-state index is 0.0810. The highest BCUT2D eigenvalue weighted by atomic mass is 19.4. The number of hydrogen-bond acceptors (Lipinski definition) is 4. The Labute approximate surface area is 215 Å². The normalized spacial score (nSPS) is 20.4. The summed E-state index contributed by atoms with van der Waals surface area (Å²) < 4.78 is 69.0. The van der Waals surface area contributed by atoms with E-state index in [4.69, 9.17) is 5.11 Å². The van der Waals surface area contributed by atoms with Crippen molar-refractivity contribution in [2.24, 2.45) is 24.8 Å². The molecule has 2 aliphatic rings. The van der Waals surface area contributed by atoms with Gasteiger partial charge in [-0.15, -0.1) is 26.3 Å². The minimum atomic E-state index is -4.70. The summed E-state index contributed by atoms with van der Waals surface area (Å²) >= 11 is 0. The fraction of sp³-hybridized carbons (Fsp3) is 0.385. The Balaban J connectivity index is 0.000000317. The number of carbonyl (C=O) groups is 1. The number of alkyl halides is 3. The molecule has 2 aromatic carbocycles. The Morgan fingerprint density at radius 1 is 1.11 bits per heavy atom. The van der Waals surface area contributed by atoms with Crippen molar-refractivity contribution in [2.45, 2.75) is 19.5 Å². The Morgan fingerprint density at radius 3 is 2.34 bits per heavy atom. The lowest BCUT2D eigenvalue weighted by Gasteiger charge is -2.24. The number of benzene rings is 2. The van der Waals surface area contributed by atoms with Crippen LogP contribution in [0.5, 0.6) is 5.75 Å². The van der Waals surface area contributed by atoms with Gasteiger partial charge in [-0.25, -0.2) is 18.6 Å². The number of aryl methyl sites for hydroxylation is 1. The van der Waals surface area contributed by atoms with Crippen LogP contribution in [0, 0.1) is 29.4 Å². The molecule has 0 spiro atoms. The number of fused-ring (bicyclic) bond motifs is 1. The summed E-state index contributed by atoms with van der Waals surface area (Å²) in [4.78, 5) is 15.9. The fourth-order valence-electron chi connectivity index (χ4n) is 4.80. The predicted molar refractivity (Wildman–Crippen MR) is 127 cm³/mol. The lowest BCUT2D eigenvalue weighted by atomic mass is 10.1. The number of carboxylic acid groups (broad SMARTS) is 1. The second kappa shape index (κ2) is 11.5. The number of nitrogens with zero attached hydrogens (tertiary/aromatic N) is 4. The maximum atomic E-state index is 13.3. The van der Waals surface area contributed by atoms with Gasteiger partial charge in [-0.05, 0) is 41.7 Å². The van der Waals surface area contributed by atoms with Crippen LogP contribution in [0.3, 0.4) is 0 Å². The maximum Gasteiger partial charge on any atom is 0.573 e. The zero-order valence-corrected chi connectivity index (χ0v) is 20.4. The van der Waals surface area contributed by atoms with Crippen molar-refractivity contribution in [1.29, 1.82) is 0 Å². The number of hydrogen-bond donors (Lipinski definition) is 1. The topological polar surface area (TPSA) is 81.7 Å². The van der Waals surface area contributed by atoms with E-state index in [1.54, 1.807) is 17.7 Å². The molecule has 0 radical (unpaired) electrons. The van der Waals surface area contributed by atoms with E-state index in [1.165, 1.54) is 42.9 Å². The number of likely N-dealkylation sites (tertiary alicyclic amines) is 1. The number of halogens is 5. The molecule has 2 heterocycles. The first kappa shape index (κ1) is 27.5. The molecule has 1 aliphatic carbocycles. The number of aromatic nitrogens is 2. The summed E-state index contributed by atoms with van der Waals surface area (Å²) in [5, 5.41) is 12.8. The first-order valence-corrected chi connectivity index (χ1v) is 11.8. The van der Waals surface area contributed by atoms with Crippen LogP contribution in [-0.4, -0.2) is 51.5 Å². The molecule has 0 bridgehead atoms. The predicted octanol–water partition coefficient (Wildman–Crippen LogP) is 5.23. The average molecular weight is 538 g/mol. The van der Waals surface area contributed by atoms with Gasteiger partial charge in [0.05, 0.1) is 6.33 Å². The van der Waals surface area contributed by atoms with Gasteiger partial charge in [-0.3, -0.25) is 4.90 Å². The summed E-state index contributed by atoms with van der Waals surface area (Å²) in [6.45, 7) is 3.28. The minimum Gasteiger partial charge on any atom is -0.658 e. The number of rotatable bonds is 8. The van der Waals surface area contributed by atoms with Crippen LogP contribution < -0.4 is 4.74 Å². The Hall–Kier alpha value is -3.51. The molecular weight excluding hydrogens is 511 g/mol. The Kier molecular flexibility index (Phi) is 8.32. The number of piperidine rings is 1. The molecule has 1 saturated carbocycles. The van der Waals surface area contributed by atoms with E-state index in [0.717, 1.165) is 19.2 Å². The van der Waals surface area contributed by atoms with Gasteiger partial charge in [0.25, 0.3) is 0 Å². The van der Waals surface area contributed by atoms with Gasteiger partial charge < -0.3 is 19.7 Å². The molecule has 38 heavy (non-hydrogen) atoms. The number of carboxylic acids is 1. The van der Waals surface area contributed by atoms with Crippen LogP contribution >= 0.6 is 0 Å². The maximum absolute atomic E-state index is 13.3. The van der Waals surface area contributed by atoms with Crippen molar-refractivity contribution >= 4 is 5.97 Å². The van der Waals surface area contributed by atoms with E-state index >= 15 is 0 Å². The smallest absolute Gasteiger partial charge is 0.573 e. The van der Waals surface area contributed by atoms with Crippen molar-refractivity contribution in [2.75, 3.05) is 19.6 Å². The summed E-state index contributed by atoms with van der Waals surface area (Å²) in [7, 11) is 1.72. The van der Waals surface area contributed by atoms with Crippen molar-refractivity contribution in [3.63, 3.8) is 0 Å². The number of aromatic carboxylic acids is 1. The number of imidazole rings is 1. The van der Waals surface area contributed by atoms with Crippen LogP contribution in [0.2, 0.25) is 0 Å². The SMILES string of the molecule is Cn1cnc(C(=O)O)c1.Fc1cc(F)cc(CN2CC3C(C[N-]Cc4cccc(OC(F)(F)F)c4)C3C2)c1. The first-order chi connectivity index (χ1) is 18.0. The monoisotopic (exact) mass is 537 g/mol. The lowest BCUT2D eigenvalue weighted by Crippen LogP contribution is -2.24. The molecule has 1 aliphatic heterocycles. The third kappa shape index (κ3) is 7.75. The van der Waals surface area contributed by atoms with Crippen LogP contribution in [0.25, 0.3) is 5.32 Å². The van der Waals surface area contributed by atoms with Crippen molar-refractivity contribution in [3.05, 3.63) is 88.8 Å². The van der Waals surface area contributed by atoms with Gasteiger partial charge in [0, 0.05) is 38.9 Å². The Bertz CT molecular complexity index is 1230. The zero-order chi connectivity index (χ0) is 27.4. The molecule has 204 valence electrons. The second-order valence-corrected chi connectivity index (χ2v) is 9.45. The third-order valence-corrected chi connectivity index (χ3v) is 6.47. The molecule has 2 fully saturated rings. The highest BCUT2D eigenvalue weighted by Crippen LogP contribution is 2.52. The quantitative estimate of drug-likeness (QED) is 0.398. The van der Waals surface area contributed by atoms with Crippen LogP contribution in [0.4, 0.5) is 22.0 Å². The van der Waals surface area contributed by atoms with Gasteiger partial charge in [-0.1, -0.05) is 23.6 Å². The van der Waals surface area contributed by atoms with Crippen molar-refractivity contribution in [3.8, 4) is 5.75 Å². The second-order valence-electron chi connectivity index (χ2n) is 9.45. The van der Waals surface area contributed by atoms with Gasteiger partial charge in [-0.2, -0.15) is 0 Å². The molecule has 3 aromatic rings. The molecule has 2 atom stereocenters. The molecule has 5 rings (SSSR count). The highest BCUT2D eigenvalue weighted by Gasteiger charge is 2.52. The van der Waals surface area contributed by atoms with Crippen LogP contribution in [-0.2, 0) is 20.1 Å². The van der Waals surface area contributed by atoms with E-state index in [9.17, 15) is 26.7 Å². The largest absolute Gasteiger partial charge is 0.658 e. The first-order valence-electron chi connectivity index (χ1n) is 11.8. The summed E-state index contributed by atoms with van der Waals surface area (Å²) in [6, 6.07) is 9.44. The van der Waals surface area contributed by atoms with Crippen LogP contribution in [0.15, 0.2) is 55.0 Å². The molecule has 1 saturated heterocycles. The zero-order valence-electron chi connectivity index (χ0n) is 20.4. The van der Waals surface area contributed by atoms with E-state index in [-0.39, 0.29) is 11.4 Å². The highest BCUT2D eigenvalue weighted by molar-refractivity contribution is 5.84. The summed E-state index contributed by atoms with van der Waals surface area (Å²) in [6.07, 6.45) is -1.81. The van der Waals surface area contributed by atoms with E-state index < -0.39 is 24.0 Å². The molecule has 1 aromatic heterocycles. The van der Waals surface area contributed by atoms with Crippen LogP contribution in [0.1, 0.15) is 21.6 Å². The van der Waals surface area contributed by atoms with Gasteiger partial charge in [0.1, 0.15) is 17.4 Å².